The number of nitrogens with zero attached hydrogens (tertiary/aromatic N) is 2. The number of likely N-dealkylation sites (tertiary alicyclic amines) is 1. The van der Waals surface area contributed by atoms with E-state index < -0.39 is 17.7 Å². The number of rotatable bonds is 11. The highest BCUT2D eigenvalue weighted by molar-refractivity contribution is 6.46. The molecule has 1 saturated heterocycles. The van der Waals surface area contributed by atoms with Crippen molar-refractivity contribution in [3.05, 3.63) is 59.2 Å². The summed E-state index contributed by atoms with van der Waals surface area (Å²) >= 11 is 0. The van der Waals surface area contributed by atoms with Crippen LogP contribution >= 0.6 is 0 Å². The minimum Gasteiger partial charge on any atom is -0.507 e. The number of benzene rings is 2. The van der Waals surface area contributed by atoms with E-state index in [0.717, 1.165) is 12.8 Å². The van der Waals surface area contributed by atoms with Crippen LogP contribution in [0.1, 0.15) is 36.9 Å². The summed E-state index contributed by atoms with van der Waals surface area (Å²) in [4.78, 5) is 29.7. The fraction of sp³-hybridized carbons (Fsp3) is 0.407. The van der Waals surface area contributed by atoms with Crippen molar-refractivity contribution in [2.75, 3.05) is 48.0 Å². The lowest BCUT2D eigenvalue weighted by atomic mass is 9.95. The van der Waals surface area contributed by atoms with E-state index in [-0.39, 0.29) is 11.3 Å². The number of hydrogen-bond acceptors (Lipinski definition) is 7. The van der Waals surface area contributed by atoms with Gasteiger partial charge in [0.1, 0.15) is 11.5 Å². The Hall–Kier alpha value is -3.52. The number of methoxy groups -OCH3 is 2. The third-order valence-corrected chi connectivity index (χ3v) is 5.95. The van der Waals surface area contributed by atoms with Gasteiger partial charge in [0, 0.05) is 18.7 Å². The lowest BCUT2D eigenvalue weighted by Crippen LogP contribution is -2.35. The molecule has 1 aliphatic heterocycles. The lowest BCUT2D eigenvalue weighted by Gasteiger charge is -2.27. The molecule has 1 atom stereocenters. The Kier molecular flexibility index (Phi) is 8.76. The molecule has 1 heterocycles. The average molecular weight is 483 g/mol. The van der Waals surface area contributed by atoms with Crippen LogP contribution in [0.4, 0.5) is 0 Å². The number of hydrogen-bond donors (Lipinski definition) is 1. The Labute approximate surface area is 206 Å². The quantitative estimate of drug-likeness (QED) is 0.225. The summed E-state index contributed by atoms with van der Waals surface area (Å²) in [6.07, 6.45) is 1.98. The van der Waals surface area contributed by atoms with Crippen LogP contribution in [0.5, 0.6) is 17.2 Å². The molecule has 188 valence electrons. The van der Waals surface area contributed by atoms with Crippen molar-refractivity contribution in [1.29, 1.82) is 0 Å². The number of amides is 1. The predicted octanol–water partition coefficient (Wildman–Crippen LogP) is 3.87. The maximum Gasteiger partial charge on any atom is 0.295 e. The highest BCUT2D eigenvalue weighted by Crippen LogP contribution is 2.42. The van der Waals surface area contributed by atoms with Gasteiger partial charge in [-0.2, -0.15) is 0 Å². The van der Waals surface area contributed by atoms with Crippen molar-refractivity contribution in [3.63, 3.8) is 0 Å². The molecule has 0 radical (unpaired) electrons. The van der Waals surface area contributed by atoms with E-state index in [1.54, 1.807) is 42.5 Å². The fourth-order valence-electron chi connectivity index (χ4n) is 3.99. The van der Waals surface area contributed by atoms with Gasteiger partial charge in [-0.1, -0.05) is 19.4 Å². The molecule has 0 spiro atoms. The zero-order valence-electron chi connectivity index (χ0n) is 21.0. The molecule has 1 N–H and O–H groups in total. The molecular weight excluding hydrogens is 448 g/mol. The van der Waals surface area contributed by atoms with Crippen LogP contribution in [0.2, 0.25) is 0 Å². The second-order valence-electron chi connectivity index (χ2n) is 8.64. The highest BCUT2D eigenvalue weighted by atomic mass is 16.5. The van der Waals surface area contributed by atoms with Gasteiger partial charge in [-0.05, 0) is 62.5 Å². The van der Waals surface area contributed by atoms with E-state index in [2.05, 4.69) is 6.92 Å². The van der Waals surface area contributed by atoms with Crippen molar-refractivity contribution in [3.8, 4) is 17.2 Å². The first kappa shape index (κ1) is 26.1. The minimum absolute atomic E-state index is 0.0422. The Morgan fingerprint density at radius 3 is 2.31 bits per heavy atom. The first-order valence-corrected chi connectivity index (χ1v) is 11.7. The van der Waals surface area contributed by atoms with Gasteiger partial charge in [-0.15, -0.1) is 0 Å². The van der Waals surface area contributed by atoms with E-state index in [1.807, 2.05) is 19.0 Å². The van der Waals surface area contributed by atoms with E-state index in [9.17, 15) is 14.7 Å². The van der Waals surface area contributed by atoms with E-state index >= 15 is 0 Å². The van der Waals surface area contributed by atoms with Gasteiger partial charge in [-0.3, -0.25) is 9.59 Å². The van der Waals surface area contributed by atoms with Gasteiger partial charge >= 0.3 is 0 Å². The molecule has 8 heteroatoms. The summed E-state index contributed by atoms with van der Waals surface area (Å²) in [6, 6.07) is 11.3. The van der Waals surface area contributed by atoms with Crippen molar-refractivity contribution in [2.45, 2.75) is 25.8 Å². The molecule has 0 aromatic heterocycles. The summed E-state index contributed by atoms with van der Waals surface area (Å²) in [7, 11) is 6.85. The Bertz CT molecular complexity index is 1080. The van der Waals surface area contributed by atoms with E-state index in [4.69, 9.17) is 14.2 Å². The molecular formula is C27H34N2O6. The summed E-state index contributed by atoms with van der Waals surface area (Å²) < 4.78 is 16.5. The Morgan fingerprint density at radius 1 is 1.03 bits per heavy atom. The molecule has 1 aliphatic rings. The van der Waals surface area contributed by atoms with Gasteiger partial charge in [0.2, 0.25) is 0 Å². The molecule has 1 amide bonds. The molecule has 0 bridgehead atoms. The summed E-state index contributed by atoms with van der Waals surface area (Å²) in [5.41, 5.74) is 1.12. The summed E-state index contributed by atoms with van der Waals surface area (Å²) in [5.74, 6) is 0.0856. The van der Waals surface area contributed by atoms with Crippen molar-refractivity contribution < 1.29 is 28.9 Å². The molecule has 35 heavy (non-hydrogen) atoms. The molecule has 0 aliphatic carbocycles. The fourth-order valence-corrected chi connectivity index (χ4v) is 3.99. The topological polar surface area (TPSA) is 88.5 Å². The number of Topliss-reactive ketones (excluding diaryl/α,β-unsaturated/α-hetero) is 1. The number of carbonyl (C=O) groups is 2. The van der Waals surface area contributed by atoms with E-state index in [0.29, 0.717) is 48.1 Å². The maximum atomic E-state index is 13.2. The maximum absolute atomic E-state index is 13.2. The number of ether oxygens (including phenoxy) is 3. The smallest absolute Gasteiger partial charge is 0.295 e. The summed E-state index contributed by atoms with van der Waals surface area (Å²) in [5, 5.41) is 11.2. The highest BCUT2D eigenvalue weighted by Gasteiger charge is 2.46. The zero-order chi connectivity index (χ0) is 25.5. The Morgan fingerprint density at radius 2 is 1.71 bits per heavy atom. The van der Waals surface area contributed by atoms with Crippen LogP contribution in [0.15, 0.2) is 48.0 Å². The zero-order valence-corrected chi connectivity index (χ0v) is 21.0. The number of aliphatic hydroxyl groups excluding tert-OH is 1. The third kappa shape index (κ3) is 5.77. The first-order chi connectivity index (χ1) is 16.8. The molecule has 2 aromatic carbocycles. The molecule has 0 saturated carbocycles. The molecule has 1 unspecified atom stereocenters. The largest absolute Gasteiger partial charge is 0.507 e. The van der Waals surface area contributed by atoms with Crippen LogP contribution < -0.4 is 14.2 Å². The predicted molar refractivity (Wildman–Crippen MR) is 134 cm³/mol. The van der Waals surface area contributed by atoms with Crippen molar-refractivity contribution >= 4 is 17.4 Å². The third-order valence-electron chi connectivity index (χ3n) is 5.95. The van der Waals surface area contributed by atoms with Crippen LogP contribution in [0, 0.1) is 0 Å². The van der Waals surface area contributed by atoms with Gasteiger partial charge < -0.3 is 29.1 Å². The lowest BCUT2D eigenvalue weighted by molar-refractivity contribution is -0.140. The van der Waals surface area contributed by atoms with Crippen molar-refractivity contribution in [1.82, 2.24) is 9.80 Å². The van der Waals surface area contributed by atoms with Crippen LogP contribution in [-0.2, 0) is 9.59 Å². The minimum atomic E-state index is -0.768. The standard InChI is InChI=1S/C27H34N2O6/c1-6-7-16-35-20-11-8-18(9-12-20)25(30)23-24(19-10-13-21(33-4)22(17-19)34-5)29(15-14-28(2)3)27(32)26(23)31/h8-13,17,24,30H,6-7,14-16H2,1-5H3. The SMILES string of the molecule is CCCCOc1ccc(C(O)=C2C(=O)C(=O)N(CCN(C)C)C2c2ccc(OC)c(OC)c2)cc1. The van der Waals surface area contributed by atoms with Crippen LogP contribution in [0.3, 0.4) is 0 Å². The number of likely N-dealkylation sites (N-methyl/N-ethyl adjacent to an activating group) is 1. The normalized spacial score (nSPS) is 17.2. The first-order valence-electron chi connectivity index (χ1n) is 11.7. The number of ketones is 1. The molecule has 2 aromatic rings. The van der Waals surface area contributed by atoms with Gasteiger partial charge in [0.05, 0.1) is 32.4 Å². The second-order valence-corrected chi connectivity index (χ2v) is 8.64. The average Bonchev–Trinajstić information content (AvgIpc) is 3.12. The molecule has 8 nitrogen and oxygen atoms in total. The molecule has 1 fully saturated rings. The number of carbonyl (C=O) groups excluding carboxylic acids is 2. The number of aliphatic hydroxyl groups is 1. The van der Waals surface area contributed by atoms with Gasteiger partial charge in [0.25, 0.3) is 11.7 Å². The van der Waals surface area contributed by atoms with Crippen molar-refractivity contribution in [2.24, 2.45) is 0 Å². The summed E-state index contributed by atoms with van der Waals surface area (Å²) in [6.45, 7) is 3.57. The number of unbranched alkanes of at least 4 members (excludes halogenated alkanes) is 1. The van der Waals surface area contributed by atoms with Gasteiger partial charge in [0.15, 0.2) is 11.5 Å². The monoisotopic (exact) mass is 482 g/mol. The van der Waals surface area contributed by atoms with E-state index in [1.165, 1.54) is 19.1 Å². The molecule has 3 rings (SSSR count). The van der Waals surface area contributed by atoms with Crippen LogP contribution in [0.25, 0.3) is 5.76 Å². The van der Waals surface area contributed by atoms with Crippen LogP contribution in [-0.4, -0.2) is 74.6 Å². The van der Waals surface area contributed by atoms with Gasteiger partial charge in [-0.25, -0.2) is 0 Å². The second kappa shape index (κ2) is 11.8. The Balaban J connectivity index is 2.06.